The van der Waals surface area contributed by atoms with Crippen molar-refractivity contribution in [1.82, 2.24) is 9.80 Å². The van der Waals surface area contributed by atoms with Gasteiger partial charge in [-0.2, -0.15) is 0 Å². The smallest absolute Gasteiger partial charge is 0.321 e. The molecular formula is C19H30ClN3O2. The molecule has 2 rings (SSSR count). The average molecular weight is 368 g/mol. The number of nitrogens with zero attached hydrogens (tertiary/aromatic N) is 2. The van der Waals surface area contributed by atoms with Crippen LogP contribution in [0.4, 0.5) is 10.5 Å². The van der Waals surface area contributed by atoms with Crippen LogP contribution >= 0.6 is 11.6 Å². The van der Waals surface area contributed by atoms with Crippen LogP contribution < -0.4 is 5.32 Å². The van der Waals surface area contributed by atoms with Crippen LogP contribution in [0.3, 0.4) is 0 Å². The second-order valence-corrected chi connectivity index (χ2v) is 6.88. The molecule has 1 aromatic carbocycles. The van der Waals surface area contributed by atoms with E-state index in [1.54, 1.807) is 12.1 Å². The summed E-state index contributed by atoms with van der Waals surface area (Å²) in [5.41, 5.74) is 0.738. The summed E-state index contributed by atoms with van der Waals surface area (Å²) >= 11 is 6.01. The van der Waals surface area contributed by atoms with E-state index in [1.165, 1.54) is 12.8 Å². The van der Waals surface area contributed by atoms with Crippen molar-refractivity contribution in [1.29, 1.82) is 0 Å². The van der Waals surface area contributed by atoms with Gasteiger partial charge in [-0.15, -0.1) is 0 Å². The number of ether oxygens (including phenoxy) is 1. The van der Waals surface area contributed by atoms with E-state index in [-0.39, 0.29) is 6.03 Å². The Morgan fingerprint density at radius 3 is 2.76 bits per heavy atom. The van der Waals surface area contributed by atoms with Crippen LogP contribution in [0, 0.1) is 0 Å². The fourth-order valence-corrected chi connectivity index (χ4v) is 3.09. The zero-order chi connectivity index (χ0) is 17.9. The van der Waals surface area contributed by atoms with E-state index >= 15 is 0 Å². The normalized spacial score (nSPS) is 15.1. The molecule has 0 unspecified atom stereocenters. The molecule has 140 valence electrons. The molecule has 1 saturated heterocycles. The molecule has 0 bridgehead atoms. The summed E-state index contributed by atoms with van der Waals surface area (Å²) in [5.74, 6) is 0. The van der Waals surface area contributed by atoms with Gasteiger partial charge in [-0.1, -0.05) is 43.9 Å². The van der Waals surface area contributed by atoms with Gasteiger partial charge in [-0.3, -0.25) is 4.90 Å². The van der Waals surface area contributed by atoms with Crippen molar-refractivity contribution in [2.75, 3.05) is 51.3 Å². The Morgan fingerprint density at radius 2 is 2.04 bits per heavy atom. The fourth-order valence-electron chi connectivity index (χ4n) is 2.90. The second kappa shape index (κ2) is 11.3. The maximum atomic E-state index is 12.7. The molecule has 1 aliphatic rings. The molecule has 0 atom stereocenters. The van der Waals surface area contributed by atoms with Crippen LogP contribution in [-0.4, -0.2) is 61.8 Å². The molecule has 25 heavy (non-hydrogen) atoms. The maximum Gasteiger partial charge on any atom is 0.321 e. The first-order valence-corrected chi connectivity index (χ1v) is 9.68. The second-order valence-electron chi connectivity index (χ2n) is 6.44. The first-order valence-electron chi connectivity index (χ1n) is 9.30. The number of halogens is 1. The lowest BCUT2D eigenvalue weighted by molar-refractivity contribution is 0.0351. The monoisotopic (exact) mass is 367 g/mol. The van der Waals surface area contributed by atoms with Gasteiger partial charge in [-0.05, 0) is 24.6 Å². The van der Waals surface area contributed by atoms with Gasteiger partial charge in [0.05, 0.1) is 13.2 Å². The number of hydrogen-bond acceptors (Lipinski definition) is 3. The Kier molecular flexibility index (Phi) is 9.08. The highest BCUT2D eigenvalue weighted by Gasteiger charge is 2.16. The van der Waals surface area contributed by atoms with Gasteiger partial charge < -0.3 is 15.0 Å². The molecule has 2 amide bonds. The standard InChI is InChI=1S/C19H30ClN3O2/c1-2-3-4-5-9-23(11-10-22-12-14-25-15-13-22)19(24)21-18-8-6-7-17(20)16-18/h6-8,16H,2-5,9-15H2,1H3,(H,21,24). The van der Waals surface area contributed by atoms with Crippen LogP contribution in [0.25, 0.3) is 0 Å². The lowest BCUT2D eigenvalue weighted by atomic mass is 10.2. The van der Waals surface area contributed by atoms with Gasteiger partial charge in [0.2, 0.25) is 0 Å². The highest BCUT2D eigenvalue weighted by atomic mass is 35.5. The molecule has 0 radical (unpaired) electrons. The van der Waals surface area contributed by atoms with Crippen molar-refractivity contribution in [2.45, 2.75) is 32.6 Å². The summed E-state index contributed by atoms with van der Waals surface area (Å²) in [6.45, 7) is 8.06. The lowest BCUT2D eigenvalue weighted by Crippen LogP contribution is -2.44. The zero-order valence-corrected chi connectivity index (χ0v) is 15.9. The number of anilines is 1. The molecule has 1 aliphatic heterocycles. The van der Waals surface area contributed by atoms with E-state index in [0.717, 1.165) is 64.5 Å². The minimum atomic E-state index is -0.0491. The van der Waals surface area contributed by atoms with E-state index in [0.29, 0.717) is 5.02 Å². The Morgan fingerprint density at radius 1 is 1.24 bits per heavy atom. The number of hydrogen-bond donors (Lipinski definition) is 1. The third kappa shape index (κ3) is 7.63. The number of urea groups is 1. The minimum Gasteiger partial charge on any atom is -0.379 e. The molecule has 1 fully saturated rings. The third-order valence-electron chi connectivity index (χ3n) is 4.43. The van der Waals surface area contributed by atoms with Crippen LogP contribution in [-0.2, 0) is 4.74 Å². The van der Waals surface area contributed by atoms with E-state index in [4.69, 9.17) is 16.3 Å². The van der Waals surface area contributed by atoms with E-state index in [2.05, 4.69) is 17.1 Å². The van der Waals surface area contributed by atoms with Gasteiger partial charge in [0.25, 0.3) is 0 Å². The van der Waals surface area contributed by atoms with Gasteiger partial charge in [0, 0.05) is 43.4 Å². The van der Waals surface area contributed by atoms with Gasteiger partial charge in [0.15, 0.2) is 0 Å². The molecule has 1 heterocycles. The number of carbonyl (C=O) groups is 1. The first-order chi connectivity index (χ1) is 12.2. The highest BCUT2D eigenvalue weighted by molar-refractivity contribution is 6.30. The molecule has 0 saturated carbocycles. The van der Waals surface area contributed by atoms with Crippen LogP contribution in [0.1, 0.15) is 32.6 Å². The van der Waals surface area contributed by atoms with Gasteiger partial charge in [0.1, 0.15) is 0 Å². The predicted octanol–water partition coefficient (Wildman–Crippen LogP) is 4.09. The average Bonchev–Trinajstić information content (AvgIpc) is 2.62. The molecule has 1 N–H and O–H groups in total. The number of morpholine rings is 1. The van der Waals surface area contributed by atoms with Crippen molar-refractivity contribution in [3.05, 3.63) is 29.3 Å². The van der Waals surface area contributed by atoms with Crippen LogP contribution in [0.2, 0.25) is 5.02 Å². The van der Waals surface area contributed by atoms with Crippen LogP contribution in [0.5, 0.6) is 0 Å². The van der Waals surface area contributed by atoms with Crippen molar-refractivity contribution < 1.29 is 9.53 Å². The number of carbonyl (C=O) groups excluding carboxylic acids is 1. The number of rotatable bonds is 9. The van der Waals surface area contributed by atoms with Crippen molar-refractivity contribution >= 4 is 23.3 Å². The van der Waals surface area contributed by atoms with Crippen molar-refractivity contribution in [3.8, 4) is 0 Å². The van der Waals surface area contributed by atoms with E-state index in [1.807, 2.05) is 17.0 Å². The quantitative estimate of drug-likeness (QED) is 0.669. The molecule has 1 aromatic rings. The Labute approximate surface area is 156 Å². The minimum absolute atomic E-state index is 0.0491. The number of nitrogens with one attached hydrogen (secondary N) is 1. The number of amides is 2. The van der Waals surface area contributed by atoms with E-state index in [9.17, 15) is 4.79 Å². The van der Waals surface area contributed by atoms with Gasteiger partial charge in [-0.25, -0.2) is 4.79 Å². The van der Waals surface area contributed by atoms with Crippen molar-refractivity contribution in [3.63, 3.8) is 0 Å². The largest absolute Gasteiger partial charge is 0.379 e. The Bertz CT molecular complexity index is 521. The summed E-state index contributed by atoms with van der Waals surface area (Å²) in [6.07, 6.45) is 4.62. The lowest BCUT2D eigenvalue weighted by Gasteiger charge is -2.30. The predicted molar refractivity (Wildman–Crippen MR) is 103 cm³/mol. The molecule has 6 heteroatoms. The number of benzene rings is 1. The summed E-state index contributed by atoms with van der Waals surface area (Å²) in [4.78, 5) is 17.0. The summed E-state index contributed by atoms with van der Waals surface area (Å²) < 4.78 is 5.39. The van der Waals surface area contributed by atoms with Crippen molar-refractivity contribution in [2.24, 2.45) is 0 Å². The molecular weight excluding hydrogens is 338 g/mol. The third-order valence-corrected chi connectivity index (χ3v) is 4.67. The molecule has 5 nitrogen and oxygen atoms in total. The fraction of sp³-hybridized carbons (Fsp3) is 0.632. The number of unbranched alkanes of at least 4 members (excludes halogenated alkanes) is 3. The molecule has 0 spiro atoms. The Balaban J connectivity index is 1.87. The summed E-state index contributed by atoms with van der Waals surface area (Å²) in [7, 11) is 0. The summed E-state index contributed by atoms with van der Waals surface area (Å²) in [6, 6.07) is 7.24. The topological polar surface area (TPSA) is 44.8 Å². The maximum absolute atomic E-state index is 12.7. The first kappa shape index (κ1) is 20.0. The Hall–Kier alpha value is -1.30. The molecule has 0 aromatic heterocycles. The SMILES string of the molecule is CCCCCCN(CCN1CCOCC1)C(=O)Nc1cccc(Cl)c1. The van der Waals surface area contributed by atoms with E-state index < -0.39 is 0 Å². The summed E-state index contributed by atoms with van der Waals surface area (Å²) in [5, 5.41) is 3.60. The molecule has 0 aliphatic carbocycles. The van der Waals surface area contributed by atoms with Crippen LogP contribution in [0.15, 0.2) is 24.3 Å². The van der Waals surface area contributed by atoms with Gasteiger partial charge >= 0.3 is 6.03 Å². The highest BCUT2D eigenvalue weighted by Crippen LogP contribution is 2.15. The zero-order valence-electron chi connectivity index (χ0n) is 15.2.